The van der Waals surface area contributed by atoms with Crippen LogP contribution in [0.15, 0.2) is 29.5 Å². The van der Waals surface area contributed by atoms with E-state index in [4.69, 9.17) is 11.6 Å². The van der Waals surface area contributed by atoms with Crippen LogP contribution < -0.4 is 15.4 Å². The number of nitrogens with zero attached hydrogens (tertiary/aromatic N) is 4. The molecule has 0 unspecified atom stereocenters. The van der Waals surface area contributed by atoms with E-state index >= 15 is 0 Å². The average Bonchev–Trinajstić information content (AvgIpc) is 2.97. The summed E-state index contributed by atoms with van der Waals surface area (Å²) >= 11 is 5.94. The van der Waals surface area contributed by atoms with Gasteiger partial charge in [0.1, 0.15) is 17.9 Å². The monoisotopic (exact) mass is 500 g/mol. The van der Waals surface area contributed by atoms with Gasteiger partial charge in [0.15, 0.2) is 5.96 Å². The Hall–Kier alpha value is -1.69. The SMILES string of the molecule is CCNC(=NCc1cc(Cl)ccc1OC(F)F)NCc1ncnn1C.I. The van der Waals surface area contributed by atoms with E-state index in [1.807, 2.05) is 6.92 Å². The molecular weight excluding hydrogens is 481 g/mol. The van der Waals surface area contributed by atoms with Gasteiger partial charge in [-0.3, -0.25) is 4.68 Å². The first kappa shape index (κ1) is 22.4. The fourth-order valence-corrected chi connectivity index (χ4v) is 2.23. The lowest BCUT2D eigenvalue weighted by atomic mass is 10.2. The van der Waals surface area contributed by atoms with E-state index in [2.05, 4.69) is 30.4 Å². The van der Waals surface area contributed by atoms with Crippen molar-refractivity contribution in [2.75, 3.05) is 6.54 Å². The van der Waals surface area contributed by atoms with Crippen molar-refractivity contribution >= 4 is 41.5 Å². The number of halogens is 4. The van der Waals surface area contributed by atoms with E-state index < -0.39 is 6.61 Å². The van der Waals surface area contributed by atoms with E-state index in [1.54, 1.807) is 17.8 Å². The van der Waals surface area contributed by atoms with Gasteiger partial charge < -0.3 is 15.4 Å². The highest BCUT2D eigenvalue weighted by atomic mass is 127. The number of aromatic nitrogens is 3. The van der Waals surface area contributed by atoms with Crippen molar-refractivity contribution in [3.8, 4) is 5.75 Å². The highest BCUT2D eigenvalue weighted by Crippen LogP contribution is 2.25. The summed E-state index contributed by atoms with van der Waals surface area (Å²) in [7, 11) is 1.79. The summed E-state index contributed by atoms with van der Waals surface area (Å²) in [5.41, 5.74) is 0.462. The molecule has 11 heteroatoms. The number of aliphatic imine (C=N–C) groups is 1. The summed E-state index contributed by atoms with van der Waals surface area (Å²) < 4.78 is 31.2. The molecular formula is C15H20ClF2IN6O. The van der Waals surface area contributed by atoms with Crippen molar-refractivity contribution < 1.29 is 13.5 Å². The zero-order valence-corrected chi connectivity index (χ0v) is 17.3. The number of rotatable bonds is 7. The number of benzene rings is 1. The molecule has 7 nitrogen and oxygen atoms in total. The zero-order chi connectivity index (χ0) is 18.2. The molecule has 0 aliphatic carbocycles. The number of alkyl halides is 2. The summed E-state index contributed by atoms with van der Waals surface area (Å²) in [6.45, 7) is 0.186. The van der Waals surface area contributed by atoms with Crippen LogP contribution in [-0.4, -0.2) is 33.9 Å². The Labute approximate surface area is 172 Å². The summed E-state index contributed by atoms with van der Waals surface area (Å²) in [6, 6.07) is 4.44. The minimum atomic E-state index is -2.91. The minimum absolute atomic E-state index is 0. The van der Waals surface area contributed by atoms with Crippen molar-refractivity contribution in [3.63, 3.8) is 0 Å². The zero-order valence-electron chi connectivity index (χ0n) is 14.2. The van der Waals surface area contributed by atoms with Gasteiger partial charge >= 0.3 is 6.61 Å². The van der Waals surface area contributed by atoms with Crippen molar-refractivity contribution in [2.24, 2.45) is 12.0 Å². The van der Waals surface area contributed by atoms with Crippen molar-refractivity contribution in [1.82, 2.24) is 25.4 Å². The molecule has 2 N–H and O–H groups in total. The van der Waals surface area contributed by atoms with Crippen LogP contribution in [0, 0.1) is 0 Å². The first-order chi connectivity index (χ1) is 12.0. The Balaban J connectivity index is 0.00000338. The molecule has 0 bridgehead atoms. The van der Waals surface area contributed by atoms with Crippen LogP contribution in [0.4, 0.5) is 8.78 Å². The van der Waals surface area contributed by atoms with Gasteiger partial charge in [-0.2, -0.15) is 13.9 Å². The maximum Gasteiger partial charge on any atom is 0.387 e. The van der Waals surface area contributed by atoms with Crippen LogP contribution in [0.5, 0.6) is 5.75 Å². The molecule has 0 amide bonds. The maximum atomic E-state index is 12.5. The molecule has 0 saturated carbocycles. The van der Waals surface area contributed by atoms with Crippen LogP contribution >= 0.6 is 35.6 Å². The van der Waals surface area contributed by atoms with Gasteiger partial charge in [-0.25, -0.2) is 9.98 Å². The third-order valence-electron chi connectivity index (χ3n) is 3.21. The summed E-state index contributed by atoms with van der Waals surface area (Å²) in [6.07, 6.45) is 1.46. The second kappa shape index (κ2) is 11.1. The Morgan fingerprint density at radius 2 is 2.15 bits per heavy atom. The lowest BCUT2D eigenvalue weighted by Crippen LogP contribution is -2.37. The molecule has 26 heavy (non-hydrogen) atoms. The minimum Gasteiger partial charge on any atom is -0.434 e. The quantitative estimate of drug-likeness (QED) is 0.347. The second-order valence-corrected chi connectivity index (χ2v) is 5.42. The lowest BCUT2D eigenvalue weighted by Gasteiger charge is -2.13. The van der Waals surface area contributed by atoms with E-state index in [0.717, 1.165) is 5.82 Å². The molecule has 0 fully saturated rings. The fourth-order valence-electron chi connectivity index (χ4n) is 2.03. The van der Waals surface area contributed by atoms with E-state index in [-0.39, 0.29) is 36.3 Å². The highest BCUT2D eigenvalue weighted by Gasteiger charge is 2.10. The van der Waals surface area contributed by atoms with Crippen LogP contribution in [-0.2, 0) is 20.1 Å². The smallest absolute Gasteiger partial charge is 0.387 e. The molecule has 0 radical (unpaired) electrons. The second-order valence-electron chi connectivity index (χ2n) is 4.98. The highest BCUT2D eigenvalue weighted by molar-refractivity contribution is 14.0. The molecule has 2 aromatic rings. The predicted octanol–water partition coefficient (Wildman–Crippen LogP) is 2.94. The van der Waals surface area contributed by atoms with Gasteiger partial charge in [-0.05, 0) is 25.1 Å². The summed E-state index contributed by atoms with van der Waals surface area (Å²) in [4.78, 5) is 8.49. The number of guanidine groups is 1. The van der Waals surface area contributed by atoms with Gasteiger partial charge in [0.25, 0.3) is 0 Å². The number of hydrogen-bond donors (Lipinski definition) is 2. The van der Waals surface area contributed by atoms with Crippen LogP contribution in [0.3, 0.4) is 0 Å². The third kappa shape index (κ3) is 6.90. The third-order valence-corrected chi connectivity index (χ3v) is 3.44. The van der Waals surface area contributed by atoms with Gasteiger partial charge in [-0.1, -0.05) is 11.6 Å². The molecule has 0 spiro atoms. The lowest BCUT2D eigenvalue weighted by molar-refractivity contribution is -0.0504. The number of nitrogens with one attached hydrogen (secondary N) is 2. The standard InChI is InChI=1S/C15H19ClF2N6O.HI/c1-3-19-15(21-8-13-22-9-23-24(13)2)20-7-10-6-11(16)4-5-12(10)25-14(17)18;/h4-6,9,14H,3,7-8H2,1-2H3,(H2,19,20,21);1H. The van der Waals surface area contributed by atoms with Gasteiger partial charge in [0.05, 0.1) is 13.1 Å². The Bertz CT molecular complexity index is 728. The Morgan fingerprint density at radius 1 is 1.38 bits per heavy atom. The molecule has 1 aromatic heterocycles. The van der Waals surface area contributed by atoms with Gasteiger partial charge in [-0.15, -0.1) is 24.0 Å². The molecule has 0 aliphatic rings. The van der Waals surface area contributed by atoms with E-state index in [0.29, 0.717) is 29.6 Å². The summed E-state index contributed by atoms with van der Waals surface area (Å²) in [5, 5.41) is 10.6. The molecule has 2 rings (SSSR count). The van der Waals surface area contributed by atoms with E-state index in [1.165, 1.54) is 18.5 Å². The predicted molar refractivity (Wildman–Crippen MR) is 106 cm³/mol. The molecule has 1 heterocycles. The topological polar surface area (TPSA) is 76.4 Å². The van der Waals surface area contributed by atoms with Crippen molar-refractivity contribution in [2.45, 2.75) is 26.6 Å². The molecule has 0 aliphatic heterocycles. The summed E-state index contributed by atoms with van der Waals surface area (Å²) in [5.74, 6) is 1.29. The van der Waals surface area contributed by atoms with Gasteiger partial charge in [0, 0.05) is 24.2 Å². The van der Waals surface area contributed by atoms with Crippen LogP contribution in [0.1, 0.15) is 18.3 Å². The first-order valence-electron chi connectivity index (χ1n) is 7.58. The molecule has 144 valence electrons. The maximum absolute atomic E-state index is 12.5. The van der Waals surface area contributed by atoms with Crippen molar-refractivity contribution in [1.29, 1.82) is 0 Å². The average molecular weight is 501 g/mol. The van der Waals surface area contributed by atoms with Crippen LogP contribution in [0.2, 0.25) is 5.02 Å². The number of ether oxygens (including phenoxy) is 1. The first-order valence-corrected chi connectivity index (χ1v) is 7.95. The Kier molecular flexibility index (Phi) is 9.55. The molecule has 0 atom stereocenters. The normalized spacial score (nSPS) is 11.2. The number of aryl methyl sites for hydroxylation is 1. The molecule has 1 aromatic carbocycles. The molecule has 0 saturated heterocycles. The Morgan fingerprint density at radius 3 is 2.77 bits per heavy atom. The number of hydrogen-bond acceptors (Lipinski definition) is 4. The van der Waals surface area contributed by atoms with E-state index in [9.17, 15) is 8.78 Å². The van der Waals surface area contributed by atoms with Crippen LogP contribution in [0.25, 0.3) is 0 Å². The van der Waals surface area contributed by atoms with Crippen molar-refractivity contribution in [3.05, 3.63) is 40.9 Å². The van der Waals surface area contributed by atoms with Gasteiger partial charge in [0.2, 0.25) is 0 Å². The fraction of sp³-hybridized carbons (Fsp3) is 0.400. The largest absolute Gasteiger partial charge is 0.434 e.